The fourth-order valence-electron chi connectivity index (χ4n) is 1.43. The van der Waals surface area contributed by atoms with Crippen LogP contribution in [0.3, 0.4) is 0 Å². The maximum atomic E-state index is 11.0. The van der Waals surface area contributed by atoms with Gasteiger partial charge in [0.15, 0.2) is 5.16 Å². The molecule has 0 aliphatic carbocycles. The van der Waals surface area contributed by atoms with Crippen molar-refractivity contribution < 1.29 is 9.90 Å². The van der Waals surface area contributed by atoms with Crippen LogP contribution in [-0.4, -0.2) is 39.4 Å². The van der Waals surface area contributed by atoms with Gasteiger partial charge in [-0.25, -0.2) is 9.97 Å². The molecule has 0 aliphatic heterocycles. The summed E-state index contributed by atoms with van der Waals surface area (Å²) >= 11 is 1.37. The van der Waals surface area contributed by atoms with Crippen LogP contribution in [0.2, 0.25) is 0 Å². The number of likely N-dealkylation sites (N-methyl/N-ethyl adjacent to an activating group) is 1. The monoisotopic (exact) mass is 269 g/mol. The summed E-state index contributed by atoms with van der Waals surface area (Å²) in [5, 5.41) is 12.6. The molecule has 6 heteroatoms. The average Bonchev–Trinajstić information content (AvgIpc) is 2.30. The molecule has 0 saturated carbocycles. The Morgan fingerprint density at radius 3 is 2.33 bits per heavy atom. The minimum Gasteiger partial charge on any atom is -0.480 e. The van der Waals surface area contributed by atoms with Gasteiger partial charge in [-0.15, -0.1) is 0 Å². The molecule has 0 aliphatic rings. The Bertz CT molecular complexity index is 414. The first-order chi connectivity index (χ1) is 8.45. The number of nitrogens with one attached hydrogen (secondary N) is 1. The van der Waals surface area contributed by atoms with Gasteiger partial charge in [-0.2, -0.15) is 0 Å². The molecule has 1 aromatic rings. The number of aromatic nitrogens is 2. The van der Waals surface area contributed by atoms with Crippen LogP contribution >= 0.6 is 11.8 Å². The zero-order valence-corrected chi connectivity index (χ0v) is 12.0. The first kappa shape index (κ1) is 14.9. The fraction of sp³-hybridized carbons (Fsp3) is 0.583. The first-order valence-electron chi connectivity index (χ1n) is 5.86. The number of aryl methyl sites for hydroxylation is 2. The quantitative estimate of drug-likeness (QED) is 0.603. The van der Waals surface area contributed by atoms with Gasteiger partial charge in [-0.05, 0) is 32.9 Å². The lowest BCUT2D eigenvalue weighted by Gasteiger charge is -2.12. The number of nitrogens with zero attached hydrogens (tertiary/aromatic N) is 2. The largest absolute Gasteiger partial charge is 0.480 e. The van der Waals surface area contributed by atoms with E-state index in [4.69, 9.17) is 5.11 Å². The summed E-state index contributed by atoms with van der Waals surface area (Å²) in [7, 11) is 0. The molecule has 1 rings (SSSR count). The Kier molecular flexibility index (Phi) is 5.55. The number of hydrogen-bond acceptors (Lipinski definition) is 5. The number of carbonyl (C=O) groups is 1. The van der Waals surface area contributed by atoms with Crippen molar-refractivity contribution >= 4 is 17.7 Å². The van der Waals surface area contributed by atoms with Crippen molar-refractivity contribution in [3.8, 4) is 0 Å². The summed E-state index contributed by atoms with van der Waals surface area (Å²) in [5.41, 5.74) is 2.97. The molecule has 100 valence electrons. The number of thioether (sulfide) groups is 1. The fourth-order valence-corrected chi connectivity index (χ4v) is 2.41. The van der Waals surface area contributed by atoms with Crippen molar-refractivity contribution in [2.24, 2.45) is 0 Å². The number of rotatable bonds is 6. The molecule has 18 heavy (non-hydrogen) atoms. The van der Waals surface area contributed by atoms with Crippen LogP contribution in [0.4, 0.5) is 0 Å². The van der Waals surface area contributed by atoms with Crippen molar-refractivity contribution in [3.05, 3.63) is 17.0 Å². The average molecular weight is 269 g/mol. The van der Waals surface area contributed by atoms with E-state index in [1.54, 1.807) is 0 Å². The molecular weight excluding hydrogens is 250 g/mol. The van der Waals surface area contributed by atoms with Gasteiger partial charge in [0.1, 0.15) is 6.04 Å². The molecule has 1 heterocycles. The Morgan fingerprint density at radius 2 is 1.89 bits per heavy atom. The van der Waals surface area contributed by atoms with E-state index in [0.717, 1.165) is 17.0 Å². The van der Waals surface area contributed by atoms with E-state index in [9.17, 15) is 4.79 Å². The van der Waals surface area contributed by atoms with Gasteiger partial charge in [-0.3, -0.25) is 4.79 Å². The van der Waals surface area contributed by atoms with Crippen LogP contribution < -0.4 is 5.32 Å². The summed E-state index contributed by atoms with van der Waals surface area (Å²) in [6.45, 7) is 8.37. The smallest absolute Gasteiger partial charge is 0.321 e. The highest BCUT2D eigenvalue weighted by Gasteiger charge is 2.17. The second kappa shape index (κ2) is 6.70. The highest BCUT2D eigenvalue weighted by Crippen LogP contribution is 2.17. The van der Waals surface area contributed by atoms with Gasteiger partial charge >= 0.3 is 5.97 Å². The second-order valence-electron chi connectivity index (χ2n) is 4.06. The zero-order chi connectivity index (χ0) is 13.7. The van der Waals surface area contributed by atoms with Gasteiger partial charge < -0.3 is 10.4 Å². The van der Waals surface area contributed by atoms with Crippen molar-refractivity contribution in [2.45, 2.75) is 38.9 Å². The molecule has 0 saturated heterocycles. The van der Waals surface area contributed by atoms with Gasteiger partial charge in [0.05, 0.1) is 0 Å². The van der Waals surface area contributed by atoms with Crippen molar-refractivity contribution in [2.75, 3.05) is 12.3 Å². The molecule has 1 aromatic heterocycles. The van der Waals surface area contributed by atoms with E-state index >= 15 is 0 Å². The van der Waals surface area contributed by atoms with E-state index in [-0.39, 0.29) is 0 Å². The Labute approximate surface area is 111 Å². The molecule has 2 N–H and O–H groups in total. The van der Waals surface area contributed by atoms with Gasteiger partial charge in [0.2, 0.25) is 0 Å². The lowest BCUT2D eigenvalue weighted by atomic mass is 10.2. The Hall–Kier alpha value is -1.14. The summed E-state index contributed by atoms with van der Waals surface area (Å²) in [6.07, 6.45) is 0. The standard InChI is InChI=1S/C12H19N3O2S/c1-5-13-10(11(16)17)6-18-12-14-8(3)7(2)9(4)15-12/h10,13H,5-6H2,1-4H3,(H,16,17). The van der Waals surface area contributed by atoms with E-state index < -0.39 is 12.0 Å². The van der Waals surface area contributed by atoms with Crippen LogP contribution in [0.1, 0.15) is 23.9 Å². The molecule has 1 atom stereocenters. The Balaban J connectivity index is 2.70. The third kappa shape index (κ3) is 3.96. The lowest BCUT2D eigenvalue weighted by Crippen LogP contribution is -2.38. The Morgan fingerprint density at radius 1 is 1.33 bits per heavy atom. The molecule has 5 nitrogen and oxygen atoms in total. The summed E-state index contributed by atoms with van der Waals surface area (Å²) in [4.78, 5) is 19.7. The van der Waals surface area contributed by atoms with E-state index in [0.29, 0.717) is 17.5 Å². The predicted octanol–water partition coefficient (Wildman–Crippen LogP) is 1.56. The highest BCUT2D eigenvalue weighted by molar-refractivity contribution is 7.99. The molecule has 0 spiro atoms. The minimum atomic E-state index is -0.843. The second-order valence-corrected chi connectivity index (χ2v) is 5.05. The normalized spacial score (nSPS) is 12.4. The molecular formula is C12H19N3O2S. The van der Waals surface area contributed by atoms with Crippen LogP contribution in [0.15, 0.2) is 5.16 Å². The van der Waals surface area contributed by atoms with Gasteiger partial charge in [0.25, 0.3) is 0 Å². The maximum Gasteiger partial charge on any atom is 0.321 e. The SMILES string of the molecule is CCNC(CSc1nc(C)c(C)c(C)n1)C(=O)O. The first-order valence-corrected chi connectivity index (χ1v) is 6.85. The number of hydrogen-bond donors (Lipinski definition) is 2. The van der Waals surface area contributed by atoms with Crippen molar-refractivity contribution in [3.63, 3.8) is 0 Å². The van der Waals surface area contributed by atoms with Crippen molar-refractivity contribution in [1.82, 2.24) is 15.3 Å². The van der Waals surface area contributed by atoms with Crippen LogP contribution in [0.5, 0.6) is 0 Å². The molecule has 0 aromatic carbocycles. The number of carboxylic acids is 1. The zero-order valence-electron chi connectivity index (χ0n) is 11.1. The van der Waals surface area contributed by atoms with Crippen LogP contribution in [0, 0.1) is 20.8 Å². The molecule has 0 fully saturated rings. The van der Waals surface area contributed by atoms with E-state index in [1.807, 2.05) is 27.7 Å². The molecule has 0 radical (unpaired) electrons. The van der Waals surface area contributed by atoms with E-state index in [1.165, 1.54) is 11.8 Å². The van der Waals surface area contributed by atoms with E-state index in [2.05, 4.69) is 15.3 Å². The third-order valence-electron chi connectivity index (χ3n) is 2.74. The van der Waals surface area contributed by atoms with Gasteiger partial charge in [-0.1, -0.05) is 18.7 Å². The highest BCUT2D eigenvalue weighted by atomic mass is 32.2. The minimum absolute atomic E-state index is 0.422. The maximum absolute atomic E-state index is 11.0. The third-order valence-corrected chi connectivity index (χ3v) is 3.68. The van der Waals surface area contributed by atoms with Crippen molar-refractivity contribution in [1.29, 1.82) is 0 Å². The topological polar surface area (TPSA) is 75.1 Å². The number of carboxylic acid groups (broad SMARTS) is 1. The predicted molar refractivity (Wildman–Crippen MR) is 72.1 cm³/mol. The van der Waals surface area contributed by atoms with Crippen LogP contribution in [0.25, 0.3) is 0 Å². The van der Waals surface area contributed by atoms with Gasteiger partial charge in [0, 0.05) is 17.1 Å². The summed E-state index contributed by atoms with van der Waals surface area (Å²) < 4.78 is 0. The van der Waals surface area contributed by atoms with Crippen LogP contribution in [-0.2, 0) is 4.79 Å². The molecule has 1 unspecified atom stereocenters. The molecule has 0 bridgehead atoms. The number of aliphatic carboxylic acids is 1. The lowest BCUT2D eigenvalue weighted by molar-refractivity contribution is -0.138. The molecule has 0 amide bonds. The summed E-state index contributed by atoms with van der Waals surface area (Å²) in [6, 6.07) is -0.564. The summed E-state index contributed by atoms with van der Waals surface area (Å²) in [5.74, 6) is -0.421.